The molecule has 1 fully saturated rings. The van der Waals surface area contributed by atoms with Crippen molar-refractivity contribution in [3.05, 3.63) is 0 Å². The number of likely N-dealkylation sites (tertiary alicyclic amines) is 1. The zero-order chi connectivity index (χ0) is 30.4. The van der Waals surface area contributed by atoms with Crippen LogP contribution in [0.5, 0.6) is 0 Å². The van der Waals surface area contributed by atoms with Crippen molar-refractivity contribution >= 4 is 41.4 Å². The number of nitrogens with one attached hydrogen (secondary N) is 3. The van der Waals surface area contributed by atoms with Crippen LogP contribution >= 0.6 is 11.8 Å². The zero-order valence-electron chi connectivity index (χ0n) is 24.6. The van der Waals surface area contributed by atoms with Crippen molar-refractivity contribution in [1.82, 2.24) is 20.9 Å². The molecule has 8 N–H and O–H groups in total. The van der Waals surface area contributed by atoms with Gasteiger partial charge in [-0.25, -0.2) is 4.79 Å². The first-order chi connectivity index (χ1) is 18.8. The lowest BCUT2D eigenvalue weighted by molar-refractivity contribution is -0.142. The summed E-state index contributed by atoms with van der Waals surface area (Å²) in [6, 6.07) is -4.45. The monoisotopic (exact) mass is 586 g/mol. The molecule has 0 spiro atoms. The number of carbonyl (C=O) groups excluding carboxylic acids is 4. The molecule has 1 saturated heterocycles. The van der Waals surface area contributed by atoms with Gasteiger partial charge in [0, 0.05) is 6.54 Å². The molecule has 13 heteroatoms. The molecular weight excluding hydrogens is 536 g/mol. The topological polar surface area (TPSA) is 197 Å². The van der Waals surface area contributed by atoms with E-state index in [0.29, 0.717) is 50.9 Å². The molecule has 1 heterocycles. The molecule has 1 aliphatic heterocycles. The number of carbonyl (C=O) groups is 5. The van der Waals surface area contributed by atoms with Crippen LogP contribution in [-0.2, 0) is 24.0 Å². The van der Waals surface area contributed by atoms with Gasteiger partial charge in [-0.3, -0.25) is 19.2 Å². The Morgan fingerprint density at radius 1 is 0.950 bits per heavy atom. The molecule has 0 radical (unpaired) electrons. The Balaban J connectivity index is 3.02. The van der Waals surface area contributed by atoms with E-state index < -0.39 is 53.9 Å². The first-order valence-electron chi connectivity index (χ1n) is 14.2. The van der Waals surface area contributed by atoms with Gasteiger partial charge in [0.2, 0.25) is 23.6 Å². The summed E-state index contributed by atoms with van der Waals surface area (Å²) in [5.41, 5.74) is 11.6. The summed E-state index contributed by atoms with van der Waals surface area (Å²) in [7, 11) is 0. The number of amides is 4. The second kappa shape index (κ2) is 18.1. The van der Waals surface area contributed by atoms with Gasteiger partial charge in [-0.1, -0.05) is 27.7 Å². The van der Waals surface area contributed by atoms with Gasteiger partial charge in [-0.05, 0) is 75.3 Å². The van der Waals surface area contributed by atoms with Gasteiger partial charge >= 0.3 is 5.97 Å². The third-order valence-electron chi connectivity index (χ3n) is 6.99. The number of rotatable bonds is 18. The van der Waals surface area contributed by atoms with Gasteiger partial charge in [0.25, 0.3) is 0 Å². The summed E-state index contributed by atoms with van der Waals surface area (Å²) in [5, 5.41) is 17.7. The molecule has 0 aliphatic carbocycles. The highest BCUT2D eigenvalue weighted by Gasteiger charge is 2.38. The van der Waals surface area contributed by atoms with Crippen molar-refractivity contribution in [1.29, 1.82) is 0 Å². The maximum Gasteiger partial charge on any atom is 0.326 e. The Kier molecular flexibility index (Phi) is 16.2. The van der Waals surface area contributed by atoms with Gasteiger partial charge in [0.15, 0.2) is 0 Å². The first kappa shape index (κ1) is 35.6. The Hall–Kier alpha value is -2.38. The Labute approximate surface area is 242 Å². The smallest absolute Gasteiger partial charge is 0.326 e. The van der Waals surface area contributed by atoms with Crippen molar-refractivity contribution in [2.45, 2.75) is 103 Å². The predicted octanol–water partition coefficient (Wildman–Crippen LogP) is 0.428. The van der Waals surface area contributed by atoms with E-state index in [9.17, 15) is 29.1 Å². The number of thioether (sulfide) groups is 1. The number of carboxylic acids is 1. The van der Waals surface area contributed by atoms with Crippen LogP contribution in [0.4, 0.5) is 0 Å². The fourth-order valence-corrected chi connectivity index (χ4v) is 5.02. The summed E-state index contributed by atoms with van der Waals surface area (Å²) in [5.74, 6) is -2.47. The van der Waals surface area contributed by atoms with Crippen LogP contribution in [0.15, 0.2) is 0 Å². The fourth-order valence-electron chi connectivity index (χ4n) is 4.55. The number of hydrogen-bond donors (Lipinski definition) is 6. The van der Waals surface area contributed by atoms with E-state index in [1.54, 1.807) is 0 Å². The van der Waals surface area contributed by atoms with Crippen LogP contribution in [0.3, 0.4) is 0 Å². The zero-order valence-corrected chi connectivity index (χ0v) is 25.4. The molecule has 1 rings (SSSR count). The number of hydrogen-bond acceptors (Lipinski definition) is 8. The van der Waals surface area contributed by atoms with Crippen LogP contribution in [0.2, 0.25) is 0 Å². The summed E-state index contributed by atoms with van der Waals surface area (Å²) >= 11 is 1.51. The molecule has 0 aromatic heterocycles. The minimum Gasteiger partial charge on any atom is -0.480 e. The highest BCUT2D eigenvalue weighted by atomic mass is 32.2. The van der Waals surface area contributed by atoms with Gasteiger partial charge in [0.05, 0.1) is 6.04 Å². The maximum atomic E-state index is 13.4. The highest BCUT2D eigenvalue weighted by Crippen LogP contribution is 2.20. The Morgan fingerprint density at radius 2 is 1.57 bits per heavy atom. The van der Waals surface area contributed by atoms with Crippen LogP contribution in [-0.4, -0.2) is 94.9 Å². The van der Waals surface area contributed by atoms with E-state index in [-0.39, 0.29) is 30.6 Å². The predicted molar refractivity (Wildman–Crippen MR) is 156 cm³/mol. The molecule has 0 unspecified atom stereocenters. The van der Waals surface area contributed by atoms with Crippen molar-refractivity contribution in [3.8, 4) is 0 Å². The third-order valence-corrected chi connectivity index (χ3v) is 7.63. The van der Waals surface area contributed by atoms with Crippen molar-refractivity contribution < 1.29 is 29.1 Å². The van der Waals surface area contributed by atoms with E-state index >= 15 is 0 Å². The van der Waals surface area contributed by atoms with Crippen molar-refractivity contribution in [2.75, 3.05) is 25.1 Å². The fraction of sp³-hybridized carbons (Fsp3) is 0.815. The van der Waals surface area contributed by atoms with Crippen molar-refractivity contribution in [3.63, 3.8) is 0 Å². The molecule has 0 aromatic carbocycles. The second-order valence-corrected chi connectivity index (χ2v) is 12.2. The minimum absolute atomic E-state index is 0.0269. The quantitative estimate of drug-likeness (QED) is 0.123. The average molecular weight is 587 g/mol. The lowest BCUT2D eigenvalue weighted by Crippen LogP contribution is -2.58. The van der Waals surface area contributed by atoms with E-state index in [2.05, 4.69) is 16.0 Å². The number of nitrogens with zero attached hydrogens (tertiary/aromatic N) is 1. The Bertz CT molecular complexity index is 857. The number of nitrogens with two attached hydrogens (primary N) is 2. The molecule has 12 nitrogen and oxygen atoms in total. The lowest BCUT2D eigenvalue weighted by Gasteiger charge is -2.30. The SMILES string of the molecule is CSCC[C@H](NC(=O)[C@@H]1CCCN1C(=O)[C@@H](N)C(C)C)C(=O)N[C@@H](CC(C)C)C(=O)N[C@@H](CCCCN)C(=O)O. The highest BCUT2D eigenvalue weighted by molar-refractivity contribution is 7.98. The molecule has 4 amide bonds. The standard InChI is InChI=1S/C27H50N6O6S/c1-16(2)15-20(24(35)31-19(27(38)39)9-6-7-12-28)32-23(34)18(11-14-40-5)30-25(36)21-10-8-13-33(21)26(37)22(29)17(3)4/h16-22H,6-15,28-29H2,1-5H3,(H,30,36)(H,31,35)(H,32,34)(H,38,39)/t18-,19-,20-,21-,22-/m0/s1. The molecule has 0 aromatic rings. The van der Waals surface area contributed by atoms with Crippen LogP contribution in [0, 0.1) is 11.8 Å². The van der Waals surface area contributed by atoms with E-state index in [0.717, 1.165) is 0 Å². The van der Waals surface area contributed by atoms with Crippen LogP contribution in [0.25, 0.3) is 0 Å². The van der Waals surface area contributed by atoms with Crippen molar-refractivity contribution in [2.24, 2.45) is 23.3 Å². The van der Waals surface area contributed by atoms with E-state index in [4.69, 9.17) is 11.5 Å². The third kappa shape index (κ3) is 11.6. The van der Waals surface area contributed by atoms with E-state index in [1.165, 1.54) is 16.7 Å². The van der Waals surface area contributed by atoms with Gasteiger partial charge in [-0.15, -0.1) is 0 Å². The number of aliphatic carboxylic acids is 1. The molecule has 1 aliphatic rings. The Morgan fingerprint density at radius 3 is 2.12 bits per heavy atom. The second-order valence-electron chi connectivity index (χ2n) is 11.2. The normalized spacial score (nSPS) is 18.2. The molecule has 40 heavy (non-hydrogen) atoms. The summed E-state index contributed by atoms with van der Waals surface area (Å²) in [6.45, 7) is 8.32. The van der Waals surface area contributed by atoms with Crippen LogP contribution < -0.4 is 27.4 Å². The first-order valence-corrected chi connectivity index (χ1v) is 15.6. The van der Waals surface area contributed by atoms with Gasteiger partial charge in [-0.2, -0.15) is 11.8 Å². The summed E-state index contributed by atoms with van der Waals surface area (Å²) in [4.78, 5) is 65.9. The summed E-state index contributed by atoms with van der Waals surface area (Å²) < 4.78 is 0. The average Bonchev–Trinajstić information content (AvgIpc) is 3.38. The molecule has 230 valence electrons. The van der Waals surface area contributed by atoms with Crippen LogP contribution in [0.1, 0.15) is 72.6 Å². The molecule has 0 bridgehead atoms. The molecular formula is C27H50N6O6S. The van der Waals surface area contributed by atoms with E-state index in [1.807, 2.05) is 34.0 Å². The number of unbranched alkanes of at least 4 members (excludes halogenated alkanes) is 1. The largest absolute Gasteiger partial charge is 0.480 e. The number of carboxylic acid groups (broad SMARTS) is 1. The minimum atomic E-state index is -1.15. The van der Waals surface area contributed by atoms with Gasteiger partial charge in [0.1, 0.15) is 24.2 Å². The molecule has 0 saturated carbocycles. The van der Waals surface area contributed by atoms with Gasteiger partial charge < -0.3 is 37.4 Å². The summed E-state index contributed by atoms with van der Waals surface area (Å²) in [6.07, 6.45) is 5.01. The molecule has 5 atom stereocenters. The lowest BCUT2D eigenvalue weighted by atomic mass is 10.0. The maximum absolute atomic E-state index is 13.4.